The van der Waals surface area contributed by atoms with Gasteiger partial charge in [-0.1, -0.05) is 31.2 Å². The highest BCUT2D eigenvalue weighted by Crippen LogP contribution is 2.25. The van der Waals surface area contributed by atoms with Crippen LogP contribution in [0.25, 0.3) is 0 Å². The lowest BCUT2D eigenvalue weighted by atomic mass is 9.88. The van der Waals surface area contributed by atoms with Gasteiger partial charge in [0.15, 0.2) is 0 Å². The fourth-order valence-corrected chi connectivity index (χ4v) is 1.89. The smallest absolute Gasteiger partial charge is 0.116 e. The number of nitrogens with one attached hydrogen (secondary N) is 1. The van der Waals surface area contributed by atoms with Crippen molar-refractivity contribution in [3.8, 4) is 6.07 Å². The summed E-state index contributed by atoms with van der Waals surface area (Å²) < 4.78 is 5.10. The second kappa shape index (κ2) is 5.31. The molecule has 2 rings (SSSR count). The largest absolute Gasteiger partial charge is 0.378 e. The van der Waals surface area contributed by atoms with Gasteiger partial charge in [0.05, 0.1) is 19.3 Å². The van der Waals surface area contributed by atoms with E-state index in [1.807, 2.05) is 0 Å². The van der Waals surface area contributed by atoms with Crippen molar-refractivity contribution in [1.82, 2.24) is 5.32 Å². The van der Waals surface area contributed by atoms with Gasteiger partial charge in [-0.3, -0.25) is 0 Å². The van der Waals surface area contributed by atoms with Crippen LogP contribution in [0.5, 0.6) is 0 Å². The molecule has 0 unspecified atom stereocenters. The molecule has 0 aromatic heterocycles. The normalized spacial score (nSPS) is 17.2. The monoisotopic (exact) mass is 230 g/mol. The number of hydrogen-bond acceptors (Lipinski definition) is 3. The SMILES string of the molecule is CCc1ccc(CNCC2(C#N)COC2)cc1. The number of hydrogen-bond donors (Lipinski definition) is 1. The molecule has 0 spiro atoms. The van der Waals surface area contributed by atoms with E-state index in [-0.39, 0.29) is 5.41 Å². The van der Waals surface area contributed by atoms with Gasteiger partial charge in [-0.05, 0) is 17.5 Å². The van der Waals surface area contributed by atoms with Crippen LogP contribution in [0.1, 0.15) is 18.1 Å². The summed E-state index contributed by atoms with van der Waals surface area (Å²) in [6.07, 6.45) is 1.07. The van der Waals surface area contributed by atoms with Gasteiger partial charge in [0.2, 0.25) is 0 Å². The minimum absolute atomic E-state index is 0.288. The highest BCUT2D eigenvalue weighted by molar-refractivity contribution is 5.22. The molecule has 1 saturated heterocycles. The summed E-state index contributed by atoms with van der Waals surface area (Å²) in [5.41, 5.74) is 2.33. The van der Waals surface area contributed by atoms with Crippen molar-refractivity contribution in [2.75, 3.05) is 19.8 Å². The second-order valence-corrected chi connectivity index (χ2v) is 4.66. The quantitative estimate of drug-likeness (QED) is 0.840. The Bertz CT molecular complexity index is 401. The van der Waals surface area contributed by atoms with Crippen molar-refractivity contribution < 1.29 is 4.74 Å². The third-order valence-corrected chi connectivity index (χ3v) is 3.22. The summed E-state index contributed by atoms with van der Waals surface area (Å²) in [5.74, 6) is 0. The Kier molecular flexibility index (Phi) is 3.78. The zero-order chi connectivity index (χ0) is 12.1. The van der Waals surface area contributed by atoms with E-state index in [1.165, 1.54) is 11.1 Å². The van der Waals surface area contributed by atoms with Crippen molar-refractivity contribution in [2.45, 2.75) is 19.9 Å². The van der Waals surface area contributed by atoms with Gasteiger partial charge in [-0.25, -0.2) is 0 Å². The molecule has 0 amide bonds. The fraction of sp³-hybridized carbons (Fsp3) is 0.500. The van der Waals surface area contributed by atoms with Crippen molar-refractivity contribution in [2.24, 2.45) is 5.41 Å². The second-order valence-electron chi connectivity index (χ2n) is 4.66. The molecule has 3 heteroatoms. The van der Waals surface area contributed by atoms with E-state index >= 15 is 0 Å². The summed E-state index contributed by atoms with van der Waals surface area (Å²) in [6, 6.07) is 10.9. The first-order valence-electron chi connectivity index (χ1n) is 6.05. The van der Waals surface area contributed by atoms with Gasteiger partial charge in [-0.2, -0.15) is 5.26 Å². The highest BCUT2D eigenvalue weighted by Gasteiger charge is 2.38. The first-order chi connectivity index (χ1) is 8.28. The molecule has 1 aliphatic heterocycles. The molecule has 1 aromatic carbocycles. The molecule has 1 aliphatic rings. The van der Waals surface area contributed by atoms with Crippen LogP contribution < -0.4 is 5.32 Å². The molecular formula is C14H18N2O. The van der Waals surface area contributed by atoms with E-state index in [4.69, 9.17) is 10.00 Å². The summed E-state index contributed by atoms with van der Waals surface area (Å²) in [6.45, 7) is 4.80. The van der Waals surface area contributed by atoms with Crippen LogP contribution in [0, 0.1) is 16.7 Å². The lowest BCUT2D eigenvalue weighted by Gasteiger charge is -2.35. The maximum absolute atomic E-state index is 9.03. The summed E-state index contributed by atoms with van der Waals surface area (Å²) >= 11 is 0. The van der Waals surface area contributed by atoms with Crippen LogP contribution in [-0.4, -0.2) is 19.8 Å². The average Bonchev–Trinajstić information content (AvgIpc) is 2.33. The van der Waals surface area contributed by atoms with Gasteiger partial charge >= 0.3 is 0 Å². The van der Waals surface area contributed by atoms with Crippen LogP contribution in [0.3, 0.4) is 0 Å². The van der Waals surface area contributed by atoms with Crippen LogP contribution in [0.15, 0.2) is 24.3 Å². The molecule has 1 fully saturated rings. The first kappa shape index (κ1) is 12.1. The molecule has 0 radical (unpaired) electrons. The van der Waals surface area contributed by atoms with Crippen molar-refractivity contribution in [3.63, 3.8) is 0 Å². The standard InChI is InChI=1S/C14H18N2O/c1-2-12-3-5-13(6-4-12)7-16-9-14(8-15)10-17-11-14/h3-6,16H,2,7,9-11H2,1H3. The zero-order valence-electron chi connectivity index (χ0n) is 10.2. The Labute approximate surface area is 102 Å². The molecule has 90 valence electrons. The molecule has 1 aromatic rings. The first-order valence-corrected chi connectivity index (χ1v) is 6.05. The minimum Gasteiger partial charge on any atom is -0.378 e. The van der Waals surface area contributed by atoms with Gasteiger partial charge < -0.3 is 10.1 Å². The molecule has 0 atom stereocenters. The molecule has 1 N–H and O–H groups in total. The number of nitrogens with zero attached hydrogens (tertiary/aromatic N) is 1. The number of rotatable bonds is 5. The van der Waals surface area contributed by atoms with Crippen molar-refractivity contribution in [3.05, 3.63) is 35.4 Å². The Hall–Kier alpha value is -1.37. The Balaban J connectivity index is 1.80. The van der Waals surface area contributed by atoms with Gasteiger partial charge in [-0.15, -0.1) is 0 Å². The van der Waals surface area contributed by atoms with Gasteiger partial charge in [0, 0.05) is 13.1 Å². The van der Waals surface area contributed by atoms with E-state index < -0.39 is 0 Å². The molecule has 17 heavy (non-hydrogen) atoms. The lowest BCUT2D eigenvalue weighted by Crippen LogP contribution is -2.48. The highest BCUT2D eigenvalue weighted by atomic mass is 16.5. The van der Waals surface area contributed by atoms with E-state index in [2.05, 4.69) is 42.6 Å². The number of aryl methyl sites for hydroxylation is 1. The topological polar surface area (TPSA) is 45.0 Å². The van der Waals surface area contributed by atoms with E-state index in [1.54, 1.807) is 0 Å². The van der Waals surface area contributed by atoms with Crippen LogP contribution in [-0.2, 0) is 17.7 Å². The number of ether oxygens (including phenoxy) is 1. The maximum Gasteiger partial charge on any atom is 0.116 e. The van der Waals surface area contributed by atoms with E-state index in [0.717, 1.165) is 13.0 Å². The fourth-order valence-electron chi connectivity index (χ4n) is 1.89. The predicted molar refractivity (Wildman–Crippen MR) is 66.4 cm³/mol. The van der Waals surface area contributed by atoms with Crippen molar-refractivity contribution >= 4 is 0 Å². The van der Waals surface area contributed by atoms with Crippen LogP contribution in [0.2, 0.25) is 0 Å². The average molecular weight is 230 g/mol. The van der Waals surface area contributed by atoms with Crippen molar-refractivity contribution in [1.29, 1.82) is 5.26 Å². The molecule has 0 aliphatic carbocycles. The van der Waals surface area contributed by atoms with E-state index in [9.17, 15) is 0 Å². The van der Waals surface area contributed by atoms with E-state index in [0.29, 0.717) is 19.8 Å². The Morgan fingerprint density at radius 2 is 1.94 bits per heavy atom. The molecule has 0 bridgehead atoms. The summed E-state index contributed by atoms with van der Waals surface area (Å²) in [7, 11) is 0. The Morgan fingerprint density at radius 1 is 1.29 bits per heavy atom. The minimum atomic E-state index is -0.288. The Morgan fingerprint density at radius 3 is 2.41 bits per heavy atom. The summed E-state index contributed by atoms with van der Waals surface area (Å²) in [4.78, 5) is 0. The zero-order valence-corrected chi connectivity index (χ0v) is 10.2. The third-order valence-electron chi connectivity index (χ3n) is 3.22. The third kappa shape index (κ3) is 2.85. The number of benzene rings is 1. The lowest BCUT2D eigenvalue weighted by molar-refractivity contribution is -0.0755. The van der Waals surface area contributed by atoms with Crippen LogP contribution in [0.4, 0.5) is 0 Å². The van der Waals surface area contributed by atoms with Gasteiger partial charge in [0.1, 0.15) is 5.41 Å². The maximum atomic E-state index is 9.03. The summed E-state index contributed by atoms with van der Waals surface area (Å²) in [5, 5.41) is 12.4. The molecular weight excluding hydrogens is 212 g/mol. The number of nitriles is 1. The van der Waals surface area contributed by atoms with Crippen LogP contribution >= 0.6 is 0 Å². The molecule has 3 nitrogen and oxygen atoms in total. The molecule has 1 heterocycles. The van der Waals surface area contributed by atoms with Gasteiger partial charge in [0.25, 0.3) is 0 Å². The molecule has 0 saturated carbocycles. The predicted octanol–water partition coefficient (Wildman–Crippen LogP) is 1.88.